The number of hydrogen-bond acceptors (Lipinski definition) is 3. The zero-order chi connectivity index (χ0) is 12.5. The van der Waals surface area contributed by atoms with Crippen molar-refractivity contribution in [3.05, 3.63) is 11.9 Å². The second-order valence-corrected chi connectivity index (χ2v) is 6.29. The van der Waals surface area contributed by atoms with Crippen LogP contribution in [0.3, 0.4) is 0 Å². The largest absolute Gasteiger partial charge is 0.309 e. The number of aromatic nitrogens is 3. The Bertz CT molecular complexity index is 360. The Morgan fingerprint density at radius 2 is 2.18 bits per heavy atom. The molecule has 0 amide bonds. The predicted molar refractivity (Wildman–Crippen MR) is 68.7 cm³/mol. The number of rotatable bonds is 5. The van der Waals surface area contributed by atoms with Crippen LogP contribution < -0.4 is 5.32 Å². The van der Waals surface area contributed by atoms with Gasteiger partial charge in [0.1, 0.15) is 0 Å². The van der Waals surface area contributed by atoms with Crippen molar-refractivity contribution in [1.82, 2.24) is 20.3 Å². The highest BCUT2D eigenvalue weighted by atomic mass is 15.4. The lowest BCUT2D eigenvalue weighted by Gasteiger charge is -2.17. The average molecular weight is 236 g/mol. The second-order valence-electron chi connectivity index (χ2n) is 6.29. The van der Waals surface area contributed by atoms with Crippen molar-refractivity contribution in [1.29, 1.82) is 0 Å². The maximum absolute atomic E-state index is 4.20. The molecule has 1 aromatic heterocycles. The molecule has 1 aromatic rings. The molecule has 0 bridgehead atoms. The molecule has 1 N–H and O–H groups in total. The first-order valence-corrected chi connectivity index (χ1v) is 6.60. The van der Waals surface area contributed by atoms with Crippen molar-refractivity contribution >= 4 is 0 Å². The molecule has 96 valence electrons. The molecular weight excluding hydrogens is 212 g/mol. The van der Waals surface area contributed by atoms with Gasteiger partial charge in [0.05, 0.1) is 17.4 Å². The molecule has 1 aliphatic carbocycles. The summed E-state index contributed by atoms with van der Waals surface area (Å²) in [6.45, 7) is 9.48. The first-order valence-electron chi connectivity index (χ1n) is 6.60. The summed E-state index contributed by atoms with van der Waals surface area (Å²) in [7, 11) is 0. The molecule has 0 aliphatic heterocycles. The Balaban J connectivity index is 1.80. The number of nitrogens with zero attached hydrogens (tertiary/aromatic N) is 3. The summed E-state index contributed by atoms with van der Waals surface area (Å²) in [5.74, 6) is 0.975. The van der Waals surface area contributed by atoms with E-state index in [9.17, 15) is 0 Å². The molecule has 1 aliphatic rings. The van der Waals surface area contributed by atoms with Crippen LogP contribution in [-0.2, 0) is 12.1 Å². The lowest BCUT2D eigenvalue weighted by Crippen LogP contribution is -2.26. The summed E-state index contributed by atoms with van der Waals surface area (Å²) in [5.41, 5.74) is 1.05. The van der Waals surface area contributed by atoms with Crippen molar-refractivity contribution in [2.45, 2.75) is 65.1 Å². The lowest BCUT2D eigenvalue weighted by atomic mass is 10.1. The topological polar surface area (TPSA) is 42.7 Å². The average Bonchev–Trinajstić information content (AvgIpc) is 2.90. The van der Waals surface area contributed by atoms with Gasteiger partial charge in [-0.25, -0.2) is 4.68 Å². The van der Waals surface area contributed by atoms with Crippen molar-refractivity contribution in [3.63, 3.8) is 0 Å². The summed E-state index contributed by atoms with van der Waals surface area (Å²) in [6, 6.07) is 0.585. The van der Waals surface area contributed by atoms with Crippen LogP contribution in [0, 0.1) is 5.92 Å². The smallest absolute Gasteiger partial charge is 0.0965 e. The van der Waals surface area contributed by atoms with E-state index in [-0.39, 0.29) is 5.54 Å². The van der Waals surface area contributed by atoms with Gasteiger partial charge in [-0.2, -0.15) is 0 Å². The molecule has 1 heterocycles. The van der Waals surface area contributed by atoms with Gasteiger partial charge in [-0.1, -0.05) is 18.1 Å². The molecule has 17 heavy (non-hydrogen) atoms. The van der Waals surface area contributed by atoms with Crippen molar-refractivity contribution in [3.8, 4) is 0 Å². The van der Waals surface area contributed by atoms with Gasteiger partial charge in [0.15, 0.2) is 0 Å². The van der Waals surface area contributed by atoms with Crippen LogP contribution >= 0.6 is 0 Å². The third-order valence-electron chi connectivity index (χ3n) is 3.24. The van der Waals surface area contributed by atoms with E-state index in [1.807, 2.05) is 10.9 Å². The molecule has 4 heteroatoms. The highest BCUT2D eigenvalue weighted by molar-refractivity contribution is 4.94. The van der Waals surface area contributed by atoms with E-state index >= 15 is 0 Å². The molecule has 4 nitrogen and oxygen atoms in total. The van der Waals surface area contributed by atoms with Crippen LogP contribution in [0.5, 0.6) is 0 Å². The van der Waals surface area contributed by atoms with E-state index in [1.165, 1.54) is 19.3 Å². The molecule has 0 aromatic carbocycles. The summed E-state index contributed by atoms with van der Waals surface area (Å²) < 4.78 is 1.93. The Labute approximate surface area is 104 Å². The number of nitrogens with one attached hydrogen (secondary N) is 1. The highest BCUT2D eigenvalue weighted by Crippen LogP contribution is 2.33. The minimum Gasteiger partial charge on any atom is -0.309 e. The van der Waals surface area contributed by atoms with Crippen LogP contribution in [0.2, 0.25) is 0 Å². The normalized spacial score (nSPS) is 18.4. The van der Waals surface area contributed by atoms with Gasteiger partial charge in [0.25, 0.3) is 0 Å². The van der Waals surface area contributed by atoms with Crippen molar-refractivity contribution < 1.29 is 0 Å². The molecular formula is C13H24N4. The standard InChI is InChI=1S/C13H24N4/c1-10(7-11-5-6-11)14-8-12-9-17(16-15-12)13(2,3)4/h9-11,14H,5-8H2,1-4H3. The fourth-order valence-electron chi connectivity index (χ4n) is 1.92. The van der Waals surface area contributed by atoms with E-state index in [2.05, 4.69) is 43.3 Å². The quantitative estimate of drug-likeness (QED) is 0.853. The van der Waals surface area contributed by atoms with Gasteiger partial charge < -0.3 is 5.32 Å². The van der Waals surface area contributed by atoms with E-state index in [1.54, 1.807) is 0 Å². The zero-order valence-electron chi connectivity index (χ0n) is 11.4. The van der Waals surface area contributed by atoms with Gasteiger partial charge in [-0.05, 0) is 40.0 Å². The van der Waals surface area contributed by atoms with Gasteiger partial charge in [-0.15, -0.1) is 5.10 Å². The molecule has 1 unspecified atom stereocenters. The van der Waals surface area contributed by atoms with Crippen LogP contribution in [-0.4, -0.2) is 21.0 Å². The fraction of sp³-hybridized carbons (Fsp3) is 0.846. The molecule has 2 rings (SSSR count). The summed E-state index contributed by atoms with van der Waals surface area (Å²) in [4.78, 5) is 0. The van der Waals surface area contributed by atoms with Crippen LogP contribution in [0.1, 0.15) is 52.7 Å². The maximum atomic E-state index is 4.20. The fourth-order valence-corrected chi connectivity index (χ4v) is 1.92. The van der Waals surface area contributed by atoms with Gasteiger partial charge in [-0.3, -0.25) is 0 Å². The molecule has 1 saturated carbocycles. The van der Waals surface area contributed by atoms with Crippen molar-refractivity contribution in [2.24, 2.45) is 5.92 Å². The lowest BCUT2D eigenvalue weighted by molar-refractivity contribution is 0.347. The molecule has 0 saturated heterocycles. The Morgan fingerprint density at radius 3 is 2.71 bits per heavy atom. The third kappa shape index (κ3) is 3.80. The summed E-state index contributed by atoms with van der Waals surface area (Å²) in [5, 5.41) is 11.9. The van der Waals surface area contributed by atoms with Gasteiger partial charge in [0, 0.05) is 12.6 Å². The Kier molecular flexibility index (Phi) is 3.52. The molecule has 0 radical (unpaired) electrons. The van der Waals surface area contributed by atoms with Gasteiger partial charge in [0.2, 0.25) is 0 Å². The maximum Gasteiger partial charge on any atom is 0.0965 e. The van der Waals surface area contributed by atoms with Crippen LogP contribution in [0.15, 0.2) is 6.20 Å². The summed E-state index contributed by atoms with van der Waals surface area (Å²) in [6.07, 6.45) is 6.18. The summed E-state index contributed by atoms with van der Waals surface area (Å²) >= 11 is 0. The highest BCUT2D eigenvalue weighted by Gasteiger charge is 2.23. The number of hydrogen-bond donors (Lipinski definition) is 1. The minimum absolute atomic E-state index is 0.0187. The third-order valence-corrected chi connectivity index (χ3v) is 3.24. The van der Waals surface area contributed by atoms with E-state index < -0.39 is 0 Å². The molecule has 1 fully saturated rings. The molecule has 0 spiro atoms. The van der Waals surface area contributed by atoms with E-state index in [4.69, 9.17) is 0 Å². The van der Waals surface area contributed by atoms with Crippen LogP contribution in [0.25, 0.3) is 0 Å². The monoisotopic (exact) mass is 236 g/mol. The van der Waals surface area contributed by atoms with Gasteiger partial charge >= 0.3 is 0 Å². The zero-order valence-corrected chi connectivity index (χ0v) is 11.4. The molecule has 1 atom stereocenters. The van der Waals surface area contributed by atoms with Crippen molar-refractivity contribution in [2.75, 3.05) is 0 Å². The van der Waals surface area contributed by atoms with Crippen LogP contribution in [0.4, 0.5) is 0 Å². The minimum atomic E-state index is 0.0187. The van der Waals surface area contributed by atoms with E-state index in [0.717, 1.165) is 18.2 Å². The Hall–Kier alpha value is -0.900. The Morgan fingerprint density at radius 1 is 1.47 bits per heavy atom. The predicted octanol–water partition coefficient (Wildman–Crippen LogP) is 2.31. The first-order chi connectivity index (χ1) is 7.95. The first kappa shape index (κ1) is 12.6. The van der Waals surface area contributed by atoms with E-state index in [0.29, 0.717) is 6.04 Å². The SMILES string of the molecule is CC(CC1CC1)NCc1cn(C(C)(C)C)nn1. The second kappa shape index (κ2) is 4.77.